The number of hydrogen-bond acceptors (Lipinski definition) is 5. The number of nitriles is 1. The highest BCUT2D eigenvalue weighted by Gasteiger charge is 2.22. The lowest BCUT2D eigenvalue weighted by Gasteiger charge is -2.26. The first-order valence-electron chi connectivity index (χ1n) is 9.13. The number of carbonyl (C=O) groups is 1. The molecular weight excluding hydrogens is 375 g/mol. The number of pyridine rings is 1. The van der Waals surface area contributed by atoms with Gasteiger partial charge in [0.1, 0.15) is 18.4 Å². The lowest BCUT2D eigenvalue weighted by molar-refractivity contribution is 0.203. The molecule has 1 aromatic carbocycles. The van der Waals surface area contributed by atoms with E-state index in [1.165, 1.54) is 25.4 Å². The van der Waals surface area contributed by atoms with Crippen LogP contribution in [0.1, 0.15) is 32.8 Å². The Morgan fingerprint density at radius 2 is 2.14 bits per heavy atom. The van der Waals surface area contributed by atoms with E-state index in [1.807, 2.05) is 13.0 Å². The van der Waals surface area contributed by atoms with Crippen molar-refractivity contribution in [1.29, 1.82) is 5.26 Å². The zero-order valence-electron chi connectivity index (χ0n) is 16.9. The normalized spacial score (nSPS) is 12.9. The summed E-state index contributed by atoms with van der Waals surface area (Å²) in [4.78, 5) is 15.6. The second-order valence-electron chi connectivity index (χ2n) is 7.70. The van der Waals surface area contributed by atoms with Crippen LogP contribution in [-0.4, -0.2) is 35.4 Å². The molecule has 0 unspecified atom stereocenters. The summed E-state index contributed by atoms with van der Waals surface area (Å²) >= 11 is 0. The molecule has 29 heavy (non-hydrogen) atoms. The molecule has 1 heterocycles. The van der Waals surface area contributed by atoms with Crippen LogP contribution in [0.4, 0.5) is 15.0 Å². The van der Waals surface area contributed by atoms with Gasteiger partial charge in [0, 0.05) is 24.3 Å². The van der Waals surface area contributed by atoms with Crippen molar-refractivity contribution in [2.24, 2.45) is 11.7 Å². The largest absolute Gasteiger partial charge is 0.490 e. The van der Waals surface area contributed by atoms with Gasteiger partial charge in [-0.05, 0) is 43.0 Å². The summed E-state index contributed by atoms with van der Waals surface area (Å²) in [5.41, 5.74) is 6.47. The van der Waals surface area contributed by atoms with Crippen LogP contribution in [-0.2, 0) is 0 Å². The molecule has 3 N–H and O–H groups in total. The zero-order chi connectivity index (χ0) is 21.8. The first-order chi connectivity index (χ1) is 13.6. The number of amides is 1. The zero-order valence-corrected chi connectivity index (χ0v) is 16.9. The molecule has 1 atom stereocenters. The van der Waals surface area contributed by atoms with Crippen molar-refractivity contribution in [3.63, 3.8) is 0 Å². The van der Waals surface area contributed by atoms with Crippen LogP contribution < -0.4 is 15.4 Å². The molecule has 1 amide bonds. The lowest BCUT2D eigenvalue weighted by Crippen LogP contribution is -2.43. The van der Waals surface area contributed by atoms with Crippen molar-refractivity contribution in [1.82, 2.24) is 4.98 Å². The van der Waals surface area contributed by atoms with Gasteiger partial charge in [0.25, 0.3) is 0 Å². The molecule has 0 saturated carbocycles. The summed E-state index contributed by atoms with van der Waals surface area (Å²) in [7, 11) is 1.20. The average Bonchev–Trinajstić information content (AvgIpc) is 2.65. The third-order valence-corrected chi connectivity index (χ3v) is 4.32. The first kappa shape index (κ1) is 22.1. The number of halogens is 1. The number of nitrogens with two attached hydrogens (primary N) is 1. The van der Waals surface area contributed by atoms with E-state index in [-0.39, 0.29) is 23.6 Å². The molecular formula is C21H25FN4O3. The summed E-state index contributed by atoms with van der Waals surface area (Å²) in [5, 5.41) is 18.6. The van der Waals surface area contributed by atoms with Gasteiger partial charge in [0.05, 0.1) is 5.56 Å². The maximum absolute atomic E-state index is 14.8. The van der Waals surface area contributed by atoms with Gasteiger partial charge in [-0.3, -0.25) is 4.90 Å². The molecule has 0 radical (unpaired) electrons. The van der Waals surface area contributed by atoms with E-state index < -0.39 is 17.4 Å². The molecule has 0 fully saturated rings. The van der Waals surface area contributed by atoms with Gasteiger partial charge >= 0.3 is 6.09 Å². The van der Waals surface area contributed by atoms with Crippen LogP contribution in [0.5, 0.6) is 5.75 Å². The third kappa shape index (κ3) is 5.42. The number of ether oxygens (including phenoxy) is 1. The minimum atomic E-state index is -1.33. The molecule has 2 aromatic rings. The Morgan fingerprint density at radius 1 is 1.45 bits per heavy atom. The predicted octanol–water partition coefficient (Wildman–Crippen LogP) is 4.02. The molecule has 0 bridgehead atoms. The molecule has 0 aliphatic heterocycles. The van der Waals surface area contributed by atoms with E-state index in [1.54, 1.807) is 12.1 Å². The first-order valence-corrected chi connectivity index (χ1v) is 9.13. The molecule has 7 nitrogen and oxygen atoms in total. The van der Waals surface area contributed by atoms with Crippen molar-refractivity contribution in [2.75, 3.05) is 18.6 Å². The van der Waals surface area contributed by atoms with Gasteiger partial charge in [-0.15, -0.1) is 0 Å². The second-order valence-corrected chi connectivity index (χ2v) is 7.70. The van der Waals surface area contributed by atoms with Crippen molar-refractivity contribution >= 4 is 11.9 Å². The number of carboxylic acid groups (broad SMARTS) is 1. The highest BCUT2D eigenvalue weighted by atomic mass is 19.1. The van der Waals surface area contributed by atoms with Crippen LogP contribution in [0.15, 0.2) is 30.5 Å². The number of rotatable bonds is 7. The topological polar surface area (TPSA) is 112 Å². The van der Waals surface area contributed by atoms with E-state index in [9.17, 15) is 14.4 Å². The highest BCUT2D eigenvalue weighted by molar-refractivity contribution is 5.85. The fourth-order valence-electron chi connectivity index (χ4n) is 3.13. The van der Waals surface area contributed by atoms with E-state index >= 15 is 0 Å². The molecule has 0 spiro atoms. The molecule has 1 aromatic heterocycles. The number of hydrogen-bond donors (Lipinski definition) is 2. The van der Waals surface area contributed by atoms with Crippen molar-refractivity contribution in [3.05, 3.63) is 41.8 Å². The molecule has 0 aliphatic rings. The molecule has 154 valence electrons. The third-order valence-electron chi connectivity index (χ3n) is 4.32. The van der Waals surface area contributed by atoms with Crippen LogP contribution in [0.25, 0.3) is 11.1 Å². The fraction of sp³-hybridized carbons (Fsp3) is 0.381. The smallest absolute Gasteiger partial charge is 0.412 e. The minimum absolute atomic E-state index is 0.134. The van der Waals surface area contributed by atoms with Crippen molar-refractivity contribution in [2.45, 2.75) is 32.7 Å². The monoisotopic (exact) mass is 400 g/mol. The van der Waals surface area contributed by atoms with Crippen molar-refractivity contribution in [3.8, 4) is 22.9 Å². The van der Waals surface area contributed by atoms with Gasteiger partial charge in [-0.25, -0.2) is 14.2 Å². The SMILES string of the molecule is CC(C)C[C@](C)(N)COc1ccc(-c2ccnc(N(C)C(=O)O)c2F)cc1C#N. The van der Waals surface area contributed by atoms with Gasteiger partial charge in [0.2, 0.25) is 0 Å². The fourth-order valence-corrected chi connectivity index (χ4v) is 3.13. The Labute approximate surface area is 169 Å². The summed E-state index contributed by atoms with van der Waals surface area (Å²) < 4.78 is 20.6. The number of anilines is 1. The van der Waals surface area contributed by atoms with Crippen LogP contribution >= 0.6 is 0 Å². The summed E-state index contributed by atoms with van der Waals surface area (Å²) in [6, 6.07) is 8.16. The quantitative estimate of drug-likeness (QED) is 0.726. The standard InChI is InChI=1S/C21H25FN4O3/c1-13(2)10-21(3,24)12-29-17-6-5-14(9-15(17)11-23)16-7-8-25-19(18(16)22)26(4)20(27)28/h5-9,13H,10,12,24H2,1-4H3,(H,27,28)/t21-/m0/s1. The van der Waals surface area contributed by atoms with Gasteiger partial charge < -0.3 is 15.6 Å². The van der Waals surface area contributed by atoms with E-state index in [0.717, 1.165) is 6.42 Å². The summed E-state index contributed by atoms with van der Waals surface area (Å²) in [5.74, 6) is -0.351. The van der Waals surface area contributed by atoms with Crippen LogP contribution in [0.3, 0.4) is 0 Å². The Kier molecular flexibility index (Phi) is 6.77. The Bertz CT molecular complexity index is 938. The van der Waals surface area contributed by atoms with Crippen LogP contribution in [0.2, 0.25) is 0 Å². The van der Waals surface area contributed by atoms with Gasteiger partial charge in [-0.1, -0.05) is 19.9 Å². The molecule has 2 rings (SSSR count). The molecule has 8 heteroatoms. The highest BCUT2D eigenvalue weighted by Crippen LogP contribution is 2.31. The number of aromatic nitrogens is 1. The average molecular weight is 400 g/mol. The number of benzene rings is 1. The summed E-state index contributed by atoms with van der Waals surface area (Å²) in [6.45, 7) is 6.26. The lowest BCUT2D eigenvalue weighted by atomic mass is 9.93. The summed E-state index contributed by atoms with van der Waals surface area (Å²) in [6.07, 6.45) is 0.742. The number of nitrogens with zero attached hydrogens (tertiary/aromatic N) is 3. The molecule has 0 saturated heterocycles. The van der Waals surface area contributed by atoms with Crippen LogP contribution in [0, 0.1) is 23.1 Å². The second kappa shape index (κ2) is 8.88. The maximum atomic E-state index is 14.8. The van der Waals surface area contributed by atoms with E-state index in [0.29, 0.717) is 22.1 Å². The molecule has 0 aliphatic carbocycles. The Hall–Kier alpha value is -3.18. The van der Waals surface area contributed by atoms with Gasteiger partial charge in [-0.2, -0.15) is 5.26 Å². The van der Waals surface area contributed by atoms with Crippen molar-refractivity contribution < 1.29 is 19.0 Å². The van der Waals surface area contributed by atoms with Gasteiger partial charge in [0.15, 0.2) is 11.6 Å². The Morgan fingerprint density at radius 3 is 2.72 bits per heavy atom. The Balaban J connectivity index is 2.33. The maximum Gasteiger partial charge on any atom is 0.412 e. The predicted molar refractivity (Wildman–Crippen MR) is 108 cm³/mol. The minimum Gasteiger partial charge on any atom is -0.490 e. The van der Waals surface area contributed by atoms with E-state index in [4.69, 9.17) is 15.6 Å². The van der Waals surface area contributed by atoms with E-state index in [2.05, 4.69) is 18.8 Å².